The molecule has 0 spiro atoms. The Balaban J connectivity index is 1.88. The lowest BCUT2D eigenvalue weighted by Gasteiger charge is -2.26. The summed E-state index contributed by atoms with van der Waals surface area (Å²) in [5.74, 6) is -1.87. The van der Waals surface area contributed by atoms with E-state index in [1.807, 2.05) is 0 Å². The average Bonchev–Trinajstić information content (AvgIpc) is 2.76. The van der Waals surface area contributed by atoms with Crippen LogP contribution in [0.3, 0.4) is 0 Å². The molecule has 1 amide bonds. The molecular weight excluding hydrogens is 250 g/mol. The zero-order valence-corrected chi connectivity index (χ0v) is 10.7. The molecule has 8 heteroatoms. The first-order valence-corrected chi connectivity index (χ1v) is 6.25. The second-order valence-corrected chi connectivity index (χ2v) is 4.55. The topological polar surface area (TPSA) is 109 Å². The molecule has 19 heavy (non-hydrogen) atoms. The van der Waals surface area contributed by atoms with Gasteiger partial charge in [-0.25, -0.2) is 4.68 Å². The van der Waals surface area contributed by atoms with Crippen molar-refractivity contribution < 1.29 is 14.7 Å². The summed E-state index contributed by atoms with van der Waals surface area (Å²) in [6, 6.07) is 0.247. The molecule has 1 saturated heterocycles. The highest BCUT2D eigenvalue weighted by Gasteiger charge is 2.22. The van der Waals surface area contributed by atoms with E-state index in [-0.39, 0.29) is 18.3 Å². The molecule has 0 radical (unpaired) electrons. The van der Waals surface area contributed by atoms with Crippen molar-refractivity contribution in [2.24, 2.45) is 5.92 Å². The van der Waals surface area contributed by atoms with E-state index in [9.17, 15) is 9.59 Å². The predicted molar refractivity (Wildman–Crippen MR) is 65.7 cm³/mol. The van der Waals surface area contributed by atoms with Crippen molar-refractivity contribution in [3.05, 3.63) is 11.9 Å². The predicted octanol–water partition coefficient (Wildman–Crippen LogP) is -0.737. The van der Waals surface area contributed by atoms with E-state index in [4.69, 9.17) is 5.11 Å². The van der Waals surface area contributed by atoms with Crippen molar-refractivity contribution in [3.63, 3.8) is 0 Å². The molecule has 2 rings (SSSR count). The van der Waals surface area contributed by atoms with Crippen molar-refractivity contribution >= 4 is 11.9 Å². The van der Waals surface area contributed by atoms with Gasteiger partial charge in [0.2, 0.25) is 0 Å². The molecule has 0 bridgehead atoms. The molecule has 0 aliphatic carbocycles. The molecule has 2 heterocycles. The first kappa shape index (κ1) is 13.5. The van der Waals surface area contributed by atoms with Crippen LogP contribution in [0, 0.1) is 5.92 Å². The molecular formula is C11H17N5O3. The number of carbonyl (C=O) groups is 2. The summed E-state index contributed by atoms with van der Waals surface area (Å²) < 4.78 is 1.65. The standard InChI is InChI=1S/C11H17N5O3/c1-2-7(11(18)19)3-13-10(17)9-6-16(15-14-9)8-4-12-5-8/h6-8,12H,2-5H2,1H3,(H,13,17)(H,18,19). The Morgan fingerprint density at radius 3 is 2.89 bits per heavy atom. The molecule has 3 N–H and O–H groups in total. The minimum absolute atomic E-state index is 0.0997. The third-order valence-electron chi connectivity index (χ3n) is 3.23. The number of amides is 1. The lowest BCUT2D eigenvalue weighted by atomic mass is 10.1. The molecule has 8 nitrogen and oxygen atoms in total. The smallest absolute Gasteiger partial charge is 0.308 e. The molecule has 1 aliphatic rings. The fraction of sp³-hybridized carbons (Fsp3) is 0.636. The Morgan fingerprint density at radius 1 is 1.63 bits per heavy atom. The summed E-state index contributed by atoms with van der Waals surface area (Å²) in [5.41, 5.74) is 0.215. The normalized spacial score (nSPS) is 16.7. The van der Waals surface area contributed by atoms with Crippen LogP contribution < -0.4 is 10.6 Å². The summed E-state index contributed by atoms with van der Waals surface area (Å²) in [5, 5.41) is 22.2. The van der Waals surface area contributed by atoms with E-state index in [0.717, 1.165) is 13.1 Å². The Labute approximate surface area is 110 Å². The number of aromatic nitrogens is 3. The Morgan fingerprint density at radius 2 is 2.37 bits per heavy atom. The Kier molecular flexibility index (Phi) is 4.10. The van der Waals surface area contributed by atoms with Gasteiger partial charge in [0, 0.05) is 19.6 Å². The van der Waals surface area contributed by atoms with Gasteiger partial charge in [0.1, 0.15) is 0 Å². The minimum atomic E-state index is -0.910. The molecule has 1 aromatic rings. The molecule has 0 aromatic carbocycles. The second-order valence-electron chi connectivity index (χ2n) is 4.55. The van der Waals surface area contributed by atoms with Crippen LogP contribution in [0.4, 0.5) is 0 Å². The summed E-state index contributed by atoms with van der Waals surface area (Å²) >= 11 is 0. The van der Waals surface area contributed by atoms with Gasteiger partial charge in [0.25, 0.3) is 5.91 Å². The highest BCUT2D eigenvalue weighted by molar-refractivity contribution is 5.92. The highest BCUT2D eigenvalue weighted by atomic mass is 16.4. The maximum Gasteiger partial charge on any atom is 0.308 e. The highest BCUT2D eigenvalue weighted by Crippen LogP contribution is 2.09. The van der Waals surface area contributed by atoms with Gasteiger partial charge in [-0.15, -0.1) is 5.10 Å². The van der Waals surface area contributed by atoms with Crippen LogP contribution in [0.1, 0.15) is 29.9 Å². The van der Waals surface area contributed by atoms with Crippen LogP contribution >= 0.6 is 0 Å². The van der Waals surface area contributed by atoms with Gasteiger partial charge in [-0.1, -0.05) is 12.1 Å². The third kappa shape index (κ3) is 3.08. The van der Waals surface area contributed by atoms with Crippen molar-refractivity contribution in [2.45, 2.75) is 19.4 Å². The number of nitrogens with zero attached hydrogens (tertiary/aromatic N) is 3. The number of carbonyl (C=O) groups excluding carboxylic acids is 1. The lowest BCUT2D eigenvalue weighted by molar-refractivity contribution is -0.141. The first-order chi connectivity index (χ1) is 9.11. The average molecular weight is 267 g/mol. The van der Waals surface area contributed by atoms with E-state index in [1.165, 1.54) is 0 Å². The van der Waals surface area contributed by atoms with Crippen molar-refractivity contribution in [2.75, 3.05) is 19.6 Å². The fourth-order valence-electron chi connectivity index (χ4n) is 1.73. The van der Waals surface area contributed by atoms with Crippen LogP contribution in [-0.4, -0.2) is 51.6 Å². The third-order valence-corrected chi connectivity index (χ3v) is 3.23. The van der Waals surface area contributed by atoms with Crippen LogP contribution in [0.15, 0.2) is 6.20 Å². The number of hydrogen-bond acceptors (Lipinski definition) is 5. The van der Waals surface area contributed by atoms with Gasteiger partial charge < -0.3 is 15.7 Å². The number of hydrogen-bond donors (Lipinski definition) is 3. The zero-order valence-electron chi connectivity index (χ0n) is 10.7. The van der Waals surface area contributed by atoms with E-state index in [0.29, 0.717) is 6.42 Å². The van der Waals surface area contributed by atoms with Crippen molar-refractivity contribution in [1.29, 1.82) is 0 Å². The zero-order chi connectivity index (χ0) is 13.8. The summed E-state index contributed by atoms with van der Waals surface area (Å²) in [6.45, 7) is 3.51. The van der Waals surface area contributed by atoms with E-state index < -0.39 is 17.8 Å². The molecule has 1 aliphatic heterocycles. The van der Waals surface area contributed by atoms with E-state index in [1.54, 1.807) is 17.8 Å². The monoisotopic (exact) mass is 267 g/mol. The molecule has 0 saturated carbocycles. The minimum Gasteiger partial charge on any atom is -0.481 e. The van der Waals surface area contributed by atoms with E-state index >= 15 is 0 Å². The fourth-order valence-corrected chi connectivity index (χ4v) is 1.73. The number of aliphatic carboxylic acids is 1. The second kappa shape index (κ2) is 5.79. The maximum absolute atomic E-state index is 11.8. The van der Waals surface area contributed by atoms with E-state index in [2.05, 4.69) is 20.9 Å². The van der Waals surface area contributed by atoms with Crippen molar-refractivity contribution in [3.8, 4) is 0 Å². The van der Waals surface area contributed by atoms with Gasteiger partial charge in [0.15, 0.2) is 5.69 Å². The molecule has 1 aromatic heterocycles. The number of nitrogens with one attached hydrogen (secondary N) is 2. The number of carboxylic acid groups (broad SMARTS) is 1. The number of carboxylic acids is 1. The molecule has 104 valence electrons. The van der Waals surface area contributed by atoms with Gasteiger partial charge in [0.05, 0.1) is 18.2 Å². The SMILES string of the molecule is CCC(CNC(=O)c1cn(C2CNC2)nn1)C(=O)O. The van der Waals surface area contributed by atoms with Gasteiger partial charge in [-0.05, 0) is 6.42 Å². The molecule has 1 atom stereocenters. The molecule has 1 fully saturated rings. The Hall–Kier alpha value is -1.96. The van der Waals surface area contributed by atoms with Crippen LogP contribution in [0.5, 0.6) is 0 Å². The largest absolute Gasteiger partial charge is 0.481 e. The first-order valence-electron chi connectivity index (χ1n) is 6.25. The van der Waals surface area contributed by atoms with Crippen LogP contribution in [0.2, 0.25) is 0 Å². The quantitative estimate of drug-likeness (QED) is 0.626. The summed E-state index contributed by atoms with van der Waals surface area (Å²) in [4.78, 5) is 22.6. The lowest BCUT2D eigenvalue weighted by Crippen LogP contribution is -2.43. The van der Waals surface area contributed by atoms with Crippen LogP contribution in [-0.2, 0) is 4.79 Å². The maximum atomic E-state index is 11.8. The van der Waals surface area contributed by atoms with Gasteiger partial charge in [-0.3, -0.25) is 9.59 Å². The van der Waals surface area contributed by atoms with Gasteiger partial charge in [-0.2, -0.15) is 0 Å². The van der Waals surface area contributed by atoms with Crippen molar-refractivity contribution in [1.82, 2.24) is 25.6 Å². The Bertz CT molecular complexity index is 469. The van der Waals surface area contributed by atoms with Gasteiger partial charge >= 0.3 is 5.97 Å². The molecule has 1 unspecified atom stereocenters. The summed E-state index contributed by atoms with van der Waals surface area (Å²) in [7, 11) is 0. The summed E-state index contributed by atoms with van der Waals surface area (Å²) in [6.07, 6.45) is 2.05. The van der Waals surface area contributed by atoms with Crippen LogP contribution in [0.25, 0.3) is 0 Å². The number of rotatable bonds is 6.